The normalized spacial score (nSPS) is 25.0. The molecule has 0 radical (unpaired) electrons. The second kappa shape index (κ2) is 11.9. The summed E-state index contributed by atoms with van der Waals surface area (Å²) in [7, 11) is 8.17. The van der Waals surface area contributed by atoms with Gasteiger partial charge in [-0.3, -0.25) is 24.1 Å². The maximum absolute atomic E-state index is 13.9. The van der Waals surface area contributed by atoms with E-state index in [4.69, 9.17) is 5.73 Å². The van der Waals surface area contributed by atoms with Crippen LogP contribution in [0, 0.1) is 11.8 Å². The number of aliphatic hydroxyl groups is 3. The zero-order valence-corrected chi connectivity index (χ0v) is 24.8. The molecule has 15 heteroatoms. The van der Waals surface area contributed by atoms with Gasteiger partial charge in [-0.05, 0) is 51.5 Å². The van der Waals surface area contributed by atoms with Gasteiger partial charge in [-0.25, -0.2) is 0 Å². The highest BCUT2D eigenvalue weighted by Gasteiger charge is 2.63. The first-order valence-corrected chi connectivity index (χ1v) is 12.3. The number of anilines is 2. The minimum absolute atomic E-state index is 0. The van der Waals surface area contributed by atoms with Crippen molar-refractivity contribution in [2.45, 2.75) is 24.5 Å². The second-order valence-electron chi connectivity index (χ2n) is 10.6. The number of rotatable bonds is 6. The number of carbonyl (C=O) groups excluding carboxylic acids is 4. The van der Waals surface area contributed by atoms with Crippen molar-refractivity contribution in [3.63, 3.8) is 0 Å². The lowest BCUT2D eigenvalue weighted by Crippen LogP contribution is -2.63. The van der Waals surface area contributed by atoms with E-state index in [2.05, 4.69) is 10.6 Å². The van der Waals surface area contributed by atoms with E-state index in [-0.39, 0.29) is 61.0 Å². The van der Waals surface area contributed by atoms with Crippen molar-refractivity contribution in [1.82, 2.24) is 10.2 Å². The molecule has 3 aliphatic carbocycles. The Morgan fingerprint density at radius 1 is 1.12 bits per heavy atom. The number of fused-ring (bicyclic) bond motifs is 3. The lowest BCUT2D eigenvalue weighted by Gasteiger charge is -2.50. The summed E-state index contributed by atoms with van der Waals surface area (Å²) >= 11 is 0. The Labute approximate surface area is 248 Å². The molecule has 2 amide bonds. The number of nitrogens with two attached hydrogens (primary N) is 1. The van der Waals surface area contributed by atoms with E-state index < -0.39 is 69.7 Å². The molecule has 4 atom stereocenters. The van der Waals surface area contributed by atoms with Crippen molar-refractivity contribution < 1.29 is 39.6 Å². The highest BCUT2D eigenvalue weighted by atomic mass is 35.5. The van der Waals surface area contributed by atoms with Gasteiger partial charge in [0.05, 0.1) is 23.8 Å². The molecule has 226 valence electrons. The van der Waals surface area contributed by atoms with Gasteiger partial charge in [-0.15, -0.1) is 24.8 Å². The van der Waals surface area contributed by atoms with Gasteiger partial charge in [-0.2, -0.15) is 0 Å². The van der Waals surface area contributed by atoms with E-state index in [1.165, 1.54) is 4.90 Å². The molecule has 1 aromatic rings. The van der Waals surface area contributed by atoms with Crippen LogP contribution in [0.5, 0.6) is 5.75 Å². The van der Waals surface area contributed by atoms with Gasteiger partial charge in [-0.1, -0.05) is 0 Å². The molecule has 3 aliphatic rings. The molecule has 41 heavy (non-hydrogen) atoms. The summed E-state index contributed by atoms with van der Waals surface area (Å²) in [5, 5.41) is 50.3. The largest absolute Gasteiger partial charge is 0.510 e. The van der Waals surface area contributed by atoms with Crippen molar-refractivity contribution in [3.05, 3.63) is 39.9 Å². The van der Waals surface area contributed by atoms with Gasteiger partial charge in [0.25, 0.3) is 5.91 Å². The maximum atomic E-state index is 13.9. The van der Waals surface area contributed by atoms with Crippen LogP contribution >= 0.6 is 24.8 Å². The predicted molar refractivity (Wildman–Crippen MR) is 155 cm³/mol. The number of Topliss-reactive ketones (excluding diaryl/α,β-unsaturated/α-hetero) is 2. The van der Waals surface area contributed by atoms with Crippen LogP contribution in [0.15, 0.2) is 28.7 Å². The molecule has 0 spiro atoms. The van der Waals surface area contributed by atoms with Crippen LogP contribution in [0.1, 0.15) is 22.3 Å². The van der Waals surface area contributed by atoms with Crippen LogP contribution in [-0.2, 0) is 20.8 Å². The minimum atomic E-state index is -2.72. The molecule has 1 aromatic carbocycles. The average molecular weight is 616 g/mol. The maximum Gasteiger partial charge on any atom is 0.255 e. The highest BCUT2D eigenvalue weighted by Crippen LogP contribution is 2.53. The molecular formula is C26H35Cl2N5O8. The quantitative estimate of drug-likeness (QED) is 0.170. The number of amides is 2. The lowest BCUT2D eigenvalue weighted by atomic mass is 9.58. The number of nitrogens with zero attached hydrogens (tertiary/aromatic N) is 2. The summed E-state index contributed by atoms with van der Waals surface area (Å²) in [6, 6.07) is 0.477. The fourth-order valence-corrected chi connectivity index (χ4v) is 6.15. The van der Waals surface area contributed by atoms with E-state index in [0.29, 0.717) is 11.3 Å². The van der Waals surface area contributed by atoms with Crippen molar-refractivity contribution >= 4 is 59.6 Å². The van der Waals surface area contributed by atoms with E-state index in [1.807, 2.05) is 0 Å². The number of halogens is 2. The lowest BCUT2D eigenvalue weighted by molar-refractivity contribution is -0.148. The molecule has 0 saturated heterocycles. The first-order valence-electron chi connectivity index (χ1n) is 12.3. The van der Waals surface area contributed by atoms with E-state index in [9.17, 15) is 39.6 Å². The van der Waals surface area contributed by atoms with Gasteiger partial charge in [0.1, 0.15) is 17.1 Å². The first-order chi connectivity index (χ1) is 18.2. The Morgan fingerprint density at radius 3 is 2.24 bits per heavy atom. The molecule has 8 N–H and O–H groups in total. The third kappa shape index (κ3) is 5.01. The number of aliphatic hydroxyl groups excluding tert-OH is 2. The number of primary amides is 1. The van der Waals surface area contributed by atoms with Crippen LogP contribution in [0.4, 0.5) is 11.4 Å². The zero-order chi connectivity index (χ0) is 29.1. The Hall–Kier alpha value is -3.36. The zero-order valence-electron chi connectivity index (χ0n) is 23.1. The summed E-state index contributed by atoms with van der Waals surface area (Å²) in [4.78, 5) is 54.9. The van der Waals surface area contributed by atoms with E-state index >= 15 is 0 Å². The first kappa shape index (κ1) is 33.8. The van der Waals surface area contributed by atoms with Crippen molar-refractivity contribution in [2.75, 3.05) is 52.0 Å². The smallest absolute Gasteiger partial charge is 0.255 e. The van der Waals surface area contributed by atoms with Gasteiger partial charge < -0.3 is 41.7 Å². The summed E-state index contributed by atoms with van der Waals surface area (Å²) in [6.45, 7) is -0.0537. The summed E-state index contributed by atoms with van der Waals surface area (Å²) in [6.07, 6.45) is 0.125. The molecule has 13 nitrogen and oxygen atoms in total. The summed E-state index contributed by atoms with van der Waals surface area (Å²) in [5.74, 6) is -7.78. The molecule has 0 fully saturated rings. The number of hydrogen-bond donors (Lipinski definition) is 7. The van der Waals surface area contributed by atoms with Crippen molar-refractivity contribution in [1.29, 1.82) is 0 Å². The van der Waals surface area contributed by atoms with Crippen molar-refractivity contribution in [3.8, 4) is 5.75 Å². The molecule has 0 heterocycles. The number of allylic oxidation sites excluding steroid dienone is 1. The van der Waals surface area contributed by atoms with Crippen LogP contribution < -0.4 is 21.3 Å². The third-order valence-corrected chi connectivity index (χ3v) is 7.79. The highest BCUT2D eigenvalue weighted by molar-refractivity contribution is 6.25. The van der Waals surface area contributed by atoms with Crippen LogP contribution in [0.3, 0.4) is 0 Å². The number of ketones is 2. The van der Waals surface area contributed by atoms with Crippen LogP contribution in [0.2, 0.25) is 0 Å². The Kier molecular flexibility index (Phi) is 9.79. The summed E-state index contributed by atoms with van der Waals surface area (Å²) < 4.78 is 0. The van der Waals surface area contributed by atoms with Crippen LogP contribution in [-0.4, -0.2) is 102 Å². The average Bonchev–Trinajstić information content (AvgIpc) is 2.82. The van der Waals surface area contributed by atoms with Gasteiger partial charge >= 0.3 is 0 Å². The summed E-state index contributed by atoms with van der Waals surface area (Å²) in [5.41, 5.74) is 2.30. The number of phenols is 1. The number of hydrogen-bond acceptors (Lipinski definition) is 11. The Balaban J connectivity index is 0.00000294. The SMILES string of the molecule is CNCC(=O)Nc1cc(N(C)C)c2c(c1O)C(=O)C1=C(O)[C@]3(O)C(=O)C(C(N)=O)=C(O)[C@@H](N(C)C)C3CC1C2.Cl.Cl. The second-order valence-corrected chi connectivity index (χ2v) is 10.6. The molecule has 0 bridgehead atoms. The Morgan fingerprint density at radius 2 is 1.73 bits per heavy atom. The van der Waals surface area contributed by atoms with Gasteiger partial charge in [0.2, 0.25) is 11.7 Å². The number of carbonyl (C=O) groups is 4. The molecule has 0 aromatic heterocycles. The number of benzene rings is 1. The fraction of sp³-hybridized carbons (Fsp3) is 0.462. The number of aromatic hydroxyl groups is 1. The topological polar surface area (TPSA) is 206 Å². The van der Waals surface area contributed by atoms with Gasteiger partial charge in [0.15, 0.2) is 17.1 Å². The fourth-order valence-electron chi connectivity index (χ4n) is 6.15. The molecule has 4 rings (SSSR count). The molecular weight excluding hydrogens is 581 g/mol. The van der Waals surface area contributed by atoms with Crippen molar-refractivity contribution in [2.24, 2.45) is 17.6 Å². The third-order valence-electron chi connectivity index (χ3n) is 7.79. The Bertz CT molecular complexity index is 1380. The molecule has 2 unspecified atom stereocenters. The predicted octanol–water partition coefficient (Wildman–Crippen LogP) is 0.188. The molecule has 0 saturated carbocycles. The van der Waals surface area contributed by atoms with E-state index in [1.54, 1.807) is 46.2 Å². The monoisotopic (exact) mass is 615 g/mol. The van der Waals surface area contributed by atoms with Gasteiger partial charge in [0, 0.05) is 31.3 Å². The van der Waals surface area contributed by atoms with Crippen LogP contribution in [0.25, 0.3) is 0 Å². The number of nitrogens with one attached hydrogen (secondary N) is 2. The standard InChI is InChI=1S/C26H33N5O8.2ClH/c1-28-9-15(32)29-13-8-14(30(2)3)11-6-10-7-12-19(31(4)5)22(35)18(25(27)38)24(37)26(12,39)23(36)16(10)21(34)17(11)20(13)33;;/h8,10,12,19,28,33,35-36,39H,6-7,9H2,1-5H3,(H2,27,38)(H,29,32);2*1H/t10?,12?,19-,26-;;/m0../s1. The number of likely N-dealkylation sites (N-methyl/N-ethyl adjacent to an activating group) is 2. The van der Waals surface area contributed by atoms with E-state index in [0.717, 1.165) is 0 Å². The minimum Gasteiger partial charge on any atom is -0.510 e. The molecule has 0 aliphatic heterocycles. The number of phenolic OH excluding ortho intramolecular Hbond substituents is 1.